The summed E-state index contributed by atoms with van der Waals surface area (Å²) in [6, 6.07) is 0. The van der Waals surface area contributed by atoms with Crippen LogP contribution in [0.15, 0.2) is 6.20 Å². The third-order valence-corrected chi connectivity index (χ3v) is 3.22. The summed E-state index contributed by atoms with van der Waals surface area (Å²) < 4.78 is 0. The third kappa shape index (κ3) is 3.59. The molecule has 112 valence electrons. The van der Waals surface area contributed by atoms with Gasteiger partial charge in [-0.1, -0.05) is 0 Å². The fourth-order valence-corrected chi connectivity index (χ4v) is 2.06. The van der Waals surface area contributed by atoms with Crippen LogP contribution in [0.25, 0.3) is 0 Å². The van der Waals surface area contributed by atoms with Crippen molar-refractivity contribution in [2.75, 3.05) is 55.0 Å². The quantitative estimate of drug-likeness (QED) is 0.671. The number of rotatable bonds is 8. The second-order valence-corrected chi connectivity index (χ2v) is 4.65. The fourth-order valence-electron chi connectivity index (χ4n) is 2.06. The van der Waals surface area contributed by atoms with Crippen LogP contribution < -0.4 is 14.7 Å². The predicted molar refractivity (Wildman–Crippen MR) is 83.9 cm³/mol. The van der Waals surface area contributed by atoms with Gasteiger partial charge in [-0.3, -0.25) is 0 Å². The van der Waals surface area contributed by atoms with Crippen molar-refractivity contribution in [3.05, 3.63) is 6.20 Å². The number of carbonyl (C=O) groups is 1. The van der Waals surface area contributed by atoms with E-state index in [1.807, 2.05) is 37.0 Å². The molecule has 6 heteroatoms. The Balaban J connectivity index is 3.22. The molecule has 20 heavy (non-hydrogen) atoms. The van der Waals surface area contributed by atoms with E-state index in [2.05, 4.69) is 28.7 Å². The first-order chi connectivity index (χ1) is 9.58. The maximum absolute atomic E-state index is 10.8. The fraction of sp³-hybridized carbons (Fsp3) is 0.643. The zero-order chi connectivity index (χ0) is 15.1. The lowest BCUT2D eigenvalue weighted by Crippen LogP contribution is -2.29. The highest BCUT2D eigenvalue weighted by Gasteiger charge is 2.16. The molecule has 6 nitrogen and oxygen atoms in total. The minimum Gasteiger partial charge on any atom is -0.361 e. The van der Waals surface area contributed by atoms with E-state index < -0.39 is 0 Å². The molecular weight excluding hydrogens is 254 g/mol. The van der Waals surface area contributed by atoms with Gasteiger partial charge in [-0.25, -0.2) is 4.98 Å². The van der Waals surface area contributed by atoms with E-state index in [9.17, 15) is 4.79 Å². The summed E-state index contributed by atoms with van der Waals surface area (Å²) in [4.78, 5) is 25.9. The van der Waals surface area contributed by atoms with Crippen molar-refractivity contribution < 1.29 is 4.79 Å². The van der Waals surface area contributed by atoms with Crippen molar-refractivity contribution >= 4 is 23.7 Å². The van der Waals surface area contributed by atoms with Crippen molar-refractivity contribution in [1.82, 2.24) is 9.97 Å². The summed E-state index contributed by atoms with van der Waals surface area (Å²) >= 11 is 0. The number of anilines is 3. The van der Waals surface area contributed by atoms with Gasteiger partial charge in [-0.05, 0) is 20.8 Å². The number of hydrogen-bond donors (Lipinski definition) is 0. The summed E-state index contributed by atoms with van der Waals surface area (Å²) in [5.41, 5.74) is 0.889. The number of likely N-dealkylation sites (N-methyl/N-ethyl adjacent to an activating group) is 1. The van der Waals surface area contributed by atoms with Crippen LogP contribution in [-0.2, 0) is 4.79 Å². The second-order valence-electron chi connectivity index (χ2n) is 4.65. The van der Waals surface area contributed by atoms with Gasteiger partial charge < -0.3 is 19.5 Å². The normalized spacial score (nSPS) is 10.2. The van der Waals surface area contributed by atoms with Gasteiger partial charge in [-0.15, -0.1) is 0 Å². The van der Waals surface area contributed by atoms with Crippen molar-refractivity contribution in [3.63, 3.8) is 0 Å². The molecule has 0 aliphatic rings. The number of aromatic nitrogens is 2. The molecule has 0 saturated heterocycles. The first-order valence-electron chi connectivity index (χ1n) is 7.06. The summed E-state index contributed by atoms with van der Waals surface area (Å²) in [6.07, 6.45) is 2.71. The van der Waals surface area contributed by atoms with Crippen molar-refractivity contribution in [2.45, 2.75) is 20.8 Å². The van der Waals surface area contributed by atoms with E-state index in [1.54, 1.807) is 0 Å². The summed E-state index contributed by atoms with van der Waals surface area (Å²) in [5.74, 6) is 1.57. The zero-order valence-corrected chi connectivity index (χ0v) is 13.1. The van der Waals surface area contributed by atoms with E-state index in [0.717, 1.165) is 43.4 Å². The van der Waals surface area contributed by atoms with Crippen molar-refractivity contribution in [3.8, 4) is 0 Å². The highest BCUT2D eigenvalue weighted by Crippen LogP contribution is 2.26. The van der Waals surface area contributed by atoms with Crippen LogP contribution >= 0.6 is 0 Å². The number of nitrogens with zero attached hydrogens (tertiary/aromatic N) is 5. The Kier molecular flexibility index (Phi) is 6.21. The lowest BCUT2D eigenvalue weighted by molar-refractivity contribution is -0.106. The number of aldehydes is 1. The van der Waals surface area contributed by atoms with Gasteiger partial charge in [0.05, 0.1) is 18.4 Å². The minimum absolute atomic E-state index is 0.352. The SMILES string of the molecule is CCN(CC)c1ncc(N(CC)CC=O)c(N(C)C)n1. The molecule has 0 spiro atoms. The second kappa shape index (κ2) is 7.67. The maximum Gasteiger partial charge on any atom is 0.227 e. The Morgan fingerprint density at radius 2 is 1.70 bits per heavy atom. The van der Waals surface area contributed by atoms with Gasteiger partial charge in [0.25, 0.3) is 0 Å². The highest BCUT2D eigenvalue weighted by atomic mass is 16.1. The number of carbonyl (C=O) groups excluding carboxylic acids is 1. The predicted octanol–water partition coefficient (Wildman–Crippen LogP) is 1.41. The van der Waals surface area contributed by atoms with E-state index in [1.165, 1.54) is 0 Å². The molecule has 0 unspecified atom stereocenters. The first-order valence-corrected chi connectivity index (χ1v) is 7.06. The van der Waals surface area contributed by atoms with E-state index in [0.29, 0.717) is 6.54 Å². The first kappa shape index (κ1) is 16.2. The minimum atomic E-state index is 0.352. The van der Waals surface area contributed by atoms with Gasteiger partial charge in [0.1, 0.15) is 6.29 Å². The molecular formula is C14H25N5O. The van der Waals surface area contributed by atoms with Crippen LogP contribution in [-0.4, -0.2) is 56.5 Å². The highest BCUT2D eigenvalue weighted by molar-refractivity contribution is 5.71. The smallest absolute Gasteiger partial charge is 0.227 e. The van der Waals surface area contributed by atoms with Gasteiger partial charge in [0.2, 0.25) is 5.95 Å². The molecule has 0 aliphatic carbocycles. The van der Waals surface area contributed by atoms with Gasteiger partial charge >= 0.3 is 0 Å². The molecule has 0 amide bonds. The Morgan fingerprint density at radius 3 is 2.15 bits per heavy atom. The Morgan fingerprint density at radius 1 is 1.10 bits per heavy atom. The molecule has 0 atom stereocenters. The molecule has 1 aromatic rings. The van der Waals surface area contributed by atoms with E-state index in [4.69, 9.17) is 0 Å². The molecule has 0 saturated carbocycles. The standard InChI is InChI=1S/C14H25N5O/c1-6-18(7-2)14-15-11-12(13(16-14)17(4)5)19(8-3)9-10-20/h10-11H,6-9H2,1-5H3. The van der Waals surface area contributed by atoms with Crippen LogP contribution in [0.1, 0.15) is 20.8 Å². The molecule has 0 aromatic carbocycles. The van der Waals surface area contributed by atoms with Crippen LogP contribution in [0, 0.1) is 0 Å². The van der Waals surface area contributed by atoms with Crippen LogP contribution in [0.4, 0.5) is 17.5 Å². The molecule has 0 aliphatic heterocycles. The average molecular weight is 279 g/mol. The van der Waals surface area contributed by atoms with Gasteiger partial charge in [-0.2, -0.15) is 4.98 Å². The van der Waals surface area contributed by atoms with Crippen molar-refractivity contribution in [2.24, 2.45) is 0 Å². The molecule has 1 heterocycles. The molecule has 0 bridgehead atoms. The lowest BCUT2D eigenvalue weighted by atomic mass is 10.3. The Bertz CT molecular complexity index is 432. The summed E-state index contributed by atoms with van der Waals surface area (Å²) in [7, 11) is 3.90. The van der Waals surface area contributed by atoms with E-state index >= 15 is 0 Å². The number of hydrogen-bond acceptors (Lipinski definition) is 6. The molecule has 0 fully saturated rings. The lowest BCUT2D eigenvalue weighted by Gasteiger charge is -2.27. The maximum atomic E-state index is 10.8. The average Bonchev–Trinajstić information content (AvgIpc) is 2.46. The van der Waals surface area contributed by atoms with Crippen LogP contribution in [0.3, 0.4) is 0 Å². The Labute approximate surface area is 121 Å². The summed E-state index contributed by atoms with van der Waals surface area (Å²) in [5, 5.41) is 0. The third-order valence-electron chi connectivity index (χ3n) is 3.22. The Hall–Kier alpha value is -1.85. The summed E-state index contributed by atoms with van der Waals surface area (Å²) in [6.45, 7) is 9.02. The molecule has 0 radical (unpaired) electrons. The monoisotopic (exact) mass is 279 g/mol. The van der Waals surface area contributed by atoms with Crippen LogP contribution in [0.2, 0.25) is 0 Å². The molecule has 1 rings (SSSR count). The van der Waals surface area contributed by atoms with Crippen LogP contribution in [0.5, 0.6) is 0 Å². The van der Waals surface area contributed by atoms with E-state index in [-0.39, 0.29) is 0 Å². The topological polar surface area (TPSA) is 52.6 Å². The van der Waals surface area contributed by atoms with Gasteiger partial charge in [0, 0.05) is 33.7 Å². The zero-order valence-electron chi connectivity index (χ0n) is 13.1. The molecule has 1 aromatic heterocycles. The van der Waals surface area contributed by atoms with Gasteiger partial charge in [0.15, 0.2) is 5.82 Å². The largest absolute Gasteiger partial charge is 0.361 e. The molecule has 0 N–H and O–H groups in total. The van der Waals surface area contributed by atoms with Crippen molar-refractivity contribution in [1.29, 1.82) is 0 Å².